The van der Waals surface area contributed by atoms with Gasteiger partial charge in [0.1, 0.15) is 5.69 Å². The molecule has 10 nitrogen and oxygen atoms in total. The number of nitro groups is 1. The Hall–Kier alpha value is -3.95. The summed E-state index contributed by atoms with van der Waals surface area (Å²) in [6.07, 6.45) is 1.87. The predicted molar refractivity (Wildman–Crippen MR) is 107 cm³/mol. The number of carbonyl (C=O) groups is 3. The van der Waals surface area contributed by atoms with Gasteiger partial charge >= 0.3 is 11.9 Å². The molecule has 0 aliphatic heterocycles. The van der Waals surface area contributed by atoms with Gasteiger partial charge < -0.3 is 20.1 Å². The van der Waals surface area contributed by atoms with Crippen LogP contribution >= 0.6 is 0 Å². The van der Waals surface area contributed by atoms with Gasteiger partial charge in [-0.1, -0.05) is 0 Å². The van der Waals surface area contributed by atoms with Crippen LogP contribution in [0, 0.1) is 10.1 Å². The number of hydrogen-bond donors (Lipinski definition) is 2. The van der Waals surface area contributed by atoms with Gasteiger partial charge in [0.25, 0.3) is 11.6 Å². The first-order valence-corrected chi connectivity index (χ1v) is 9.01. The third-order valence-corrected chi connectivity index (χ3v) is 4.49. The molecule has 0 radical (unpaired) electrons. The van der Waals surface area contributed by atoms with Gasteiger partial charge in [0, 0.05) is 17.7 Å². The van der Waals surface area contributed by atoms with Crippen molar-refractivity contribution in [2.45, 2.75) is 18.9 Å². The van der Waals surface area contributed by atoms with Crippen LogP contribution in [0.4, 0.5) is 17.1 Å². The molecule has 1 aliphatic rings. The second-order valence-electron chi connectivity index (χ2n) is 6.61. The number of amides is 1. The maximum atomic E-state index is 12.7. The molecule has 0 saturated heterocycles. The Kier molecular flexibility index (Phi) is 5.95. The normalized spacial score (nSPS) is 12.6. The minimum absolute atomic E-state index is 0.0117. The summed E-state index contributed by atoms with van der Waals surface area (Å²) in [5.41, 5.74) is 0.253. The van der Waals surface area contributed by atoms with E-state index in [2.05, 4.69) is 15.4 Å². The summed E-state index contributed by atoms with van der Waals surface area (Å²) in [6.45, 7) is 0. The van der Waals surface area contributed by atoms with Crippen LogP contribution in [0.15, 0.2) is 36.4 Å². The number of ether oxygens (including phenoxy) is 2. The molecule has 1 fully saturated rings. The molecule has 3 rings (SSSR count). The third-order valence-electron chi connectivity index (χ3n) is 4.49. The zero-order chi connectivity index (χ0) is 21.8. The summed E-state index contributed by atoms with van der Waals surface area (Å²) in [5, 5.41) is 17.0. The van der Waals surface area contributed by atoms with Crippen molar-refractivity contribution in [3.63, 3.8) is 0 Å². The number of anilines is 2. The third kappa shape index (κ3) is 4.54. The first-order valence-electron chi connectivity index (χ1n) is 9.01. The lowest BCUT2D eigenvalue weighted by Gasteiger charge is -2.12. The van der Waals surface area contributed by atoms with Crippen molar-refractivity contribution in [1.82, 2.24) is 0 Å². The van der Waals surface area contributed by atoms with Gasteiger partial charge in [-0.2, -0.15) is 0 Å². The standard InChI is InChI=1S/C20H19N3O7/c1-29-19(25)12-3-7-14(20(26)30-2)16(9-12)22-18(24)11-4-8-15(21-13-5-6-13)17(10-11)23(27)28/h3-4,7-10,13,21H,5-6H2,1-2H3,(H,22,24). The average molecular weight is 413 g/mol. The minimum atomic E-state index is -0.725. The number of nitro benzene ring substituents is 1. The number of hydrogen-bond acceptors (Lipinski definition) is 8. The molecule has 1 amide bonds. The van der Waals surface area contributed by atoms with E-state index >= 15 is 0 Å². The fourth-order valence-electron chi connectivity index (χ4n) is 2.77. The fraction of sp³-hybridized carbons (Fsp3) is 0.250. The topological polar surface area (TPSA) is 137 Å². The van der Waals surface area contributed by atoms with E-state index in [1.165, 1.54) is 44.6 Å². The summed E-state index contributed by atoms with van der Waals surface area (Å²) in [7, 11) is 2.38. The monoisotopic (exact) mass is 413 g/mol. The highest BCUT2D eigenvalue weighted by Gasteiger charge is 2.26. The van der Waals surface area contributed by atoms with Crippen molar-refractivity contribution in [2.24, 2.45) is 0 Å². The summed E-state index contributed by atoms with van der Waals surface area (Å²) in [4.78, 5) is 47.4. The van der Waals surface area contributed by atoms with Gasteiger partial charge in [0.2, 0.25) is 0 Å². The molecule has 0 heterocycles. The second kappa shape index (κ2) is 8.60. The van der Waals surface area contributed by atoms with Crippen LogP contribution in [-0.4, -0.2) is 43.0 Å². The highest BCUT2D eigenvalue weighted by Crippen LogP contribution is 2.32. The zero-order valence-corrected chi connectivity index (χ0v) is 16.3. The largest absolute Gasteiger partial charge is 0.465 e. The van der Waals surface area contributed by atoms with E-state index < -0.39 is 22.8 Å². The molecule has 1 saturated carbocycles. The Morgan fingerprint density at radius 1 is 0.967 bits per heavy atom. The zero-order valence-electron chi connectivity index (χ0n) is 16.3. The van der Waals surface area contributed by atoms with Crippen molar-refractivity contribution in [1.29, 1.82) is 0 Å². The highest BCUT2D eigenvalue weighted by molar-refractivity contribution is 6.09. The maximum absolute atomic E-state index is 12.7. The number of rotatable bonds is 7. The Morgan fingerprint density at radius 3 is 2.23 bits per heavy atom. The Morgan fingerprint density at radius 2 is 1.63 bits per heavy atom. The van der Waals surface area contributed by atoms with Crippen molar-refractivity contribution in [2.75, 3.05) is 24.9 Å². The van der Waals surface area contributed by atoms with Gasteiger partial charge in [0.05, 0.1) is 36.0 Å². The number of nitrogens with one attached hydrogen (secondary N) is 2. The molecule has 2 aromatic rings. The smallest absolute Gasteiger partial charge is 0.339 e. The van der Waals surface area contributed by atoms with Gasteiger partial charge in [-0.05, 0) is 43.2 Å². The Labute approximate surface area is 171 Å². The van der Waals surface area contributed by atoms with E-state index in [1.54, 1.807) is 0 Å². The lowest BCUT2D eigenvalue weighted by Crippen LogP contribution is -2.17. The van der Waals surface area contributed by atoms with E-state index in [1.807, 2.05) is 0 Å². The number of benzene rings is 2. The number of nitrogens with zero attached hydrogens (tertiary/aromatic N) is 1. The summed E-state index contributed by atoms with van der Waals surface area (Å²) in [6, 6.07) is 8.21. The van der Waals surface area contributed by atoms with Gasteiger partial charge in [0.15, 0.2) is 0 Å². The molecule has 0 unspecified atom stereocenters. The second-order valence-corrected chi connectivity index (χ2v) is 6.61. The van der Waals surface area contributed by atoms with Crippen LogP contribution in [0.3, 0.4) is 0 Å². The predicted octanol–water partition coefficient (Wildman–Crippen LogP) is 2.99. The van der Waals surface area contributed by atoms with E-state index in [4.69, 9.17) is 4.74 Å². The summed E-state index contributed by atoms with van der Waals surface area (Å²) < 4.78 is 9.35. The molecule has 0 aromatic heterocycles. The number of esters is 2. The van der Waals surface area contributed by atoms with Crippen LogP contribution in [0.1, 0.15) is 43.9 Å². The van der Waals surface area contributed by atoms with Crippen LogP contribution in [-0.2, 0) is 9.47 Å². The molecule has 10 heteroatoms. The molecule has 2 N–H and O–H groups in total. The van der Waals surface area contributed by atoms with Crippen LogP contribution < -0.4 is 10.6 Å². The molecule has 0 bridgehead atoms. The summed E-state index contributed by atoms with van der Waals surface area (Å²) in [5.74, 6) is -2.08. The SMILES string of the molecule is COC(=O)c1ccc(C(=O)OC)c(NC(=O)c2ccc(NC3CC3)c([N+](=O)[O-])c2)c1. The van der Waals surface area contributed by atoms with E-state index in [-0.39, 0.29) is 34.1 Å². The molecule has 2 aromatic carbocycles. The lowest BCUT2D eigenvalue weighted by atomic mass is 10.1. The lowest BCUT2D eigenvalue weighted by molar-refractivity contribution is -0.384. The van der Waals surface area contributed by atoms with Crippen LogP contribution in [0.2, 0.25) is 0 Å². The van der Waals surface area contributed by atoms with Crippen molar-refractivity contribution >= 4 is 34.9 Å². The highest BCUT2D eigenvalue weighted by atomic mass is 16.6. The maximum Gasteiger partial charge on any atom is 0.339 e. The molecule has 0 spiro atoms. The first kappa shape index (κ1) is 20.8. The van der Waals surface area contributed by atoms with Gasteiger partial charge in [-0.15, -0.1) is 0 Å². The fourth-order valence-corrected chi connectivity index (χ4v) is 2.77. The molecule has 1 aliphatic carbocycles. The molecule has 156 valence electrons. The van der Waals surface area contributed by atoms with Crippen molar-refractivity contribution in [3.05, 3.63) is 63.2 Å². The minimum Gasteiger partial charge on any atom is -0.465 e. The first-order chi connectivity index (χ1) is 14.3. The van der Waals surface area contributed by atoms with Gasteiger partial charge in [-0.3, -0.25) is 14.9 Å². The van der Waals surface area contributed by atoms with Crippen molar-refractivity contribution < 1.29 is 28.8 Å². The Balaban J connectivity index is 1.92. The molecular weight excluding hydrogens is 394 g/mol. The quantitative estimate of drug-likeness (QED) is 0.401. The number of carbonyl (C=O) groups excluding carboxylic acids is 3. The van der Waals surface area contributed by atoms with E-state index in [0.717, 1.165) is 18.9 Å². The van der Waals surface area contributed by atoms with E-state index in [0.29, 0.717) is 5.69 Å². The molecular formula is C20H19N3O7. The Bertz CT molecular complexity index is 1030. The molecule has 30 heavy (non-hydrogen) atoms. The summed E-state index contributed by atoms with van der Waals surface area (Å²) >= 11 is 0. The van der Waals surface area contributed by atoms with Crippen LogP contribution in [0.5, 0.6) is 0 Å². The molecule has 0 atom stereocenters. The van der Waals surface area contributed by atoms with Crippen molar-refractivity contribution in [3.8, 4) is 0 Å². The van der Waals surface area contributed by atoms with Crippen LogP contribution in [0.25, 0.3) is 0 Å². The number of methoxy groups -OCH3 is 2. The van der Waals surface area contributed by atoms with E-state index in [9.17, 15) is 24.5 Å². The average Bonchev–Trinajstić information content (AvgIpc) is 3.56. The van der Waals surface area contributed by atoms with Gasteiger partial charge in [-0.25, -0.2) is 9.59 Å².